The molecule has 0 saturated carbocycles. The van der Waals surface area contributed by atoms with Crippen LogP contribution in [-0.4, -0.2) is 10.2 Å². The van der Waals surface area contributed by atoms with E-state index in [-0.39, 0.29) is 11.9 Å². The summed E-state index contributed by atoms with van der Waals surface area (Å²) in [6.07, 6.45) is 0.735. The summed E-state index contributed by atoms with van der Waals surface area (Å²) >= 11 is 1.42. The summed E-state index contributed by atoms with van der Waals surface area (Å²) in [5.41, 5.74) is 5.84. The van der Waals surface area contributed by atoms with Crippen LogP contribution in [0.25, 0.3) is 20.9 Å². The van der Waals surface area contributed by atoms with Gasteiger partial charge in [0.15, 0.2) is 0 Å². The van der Waals surface area contributed by atoms with Crippen LogP contribution in [0.2, 0.25) is 0 Å². The van der Waals surface area contributed by atoms with Gasteiger partial charge in [0.1, 0.15) is 5.82 Å². The van der Waals surface area contributed by atoms with E-state index in [1.54, 1.807) is 6.07 Å². The van der Waals surface area contributed by atoms with Crippen molar-refractivity contribution >= 4 is 21.4 Å². The third kappa shape index (κ3) is 2.24. The van der Waals surface area contributed by atoms with Crippen LogP contribution < -0.4 is 5.73 Å². The lowest BCUT2D eigenvalue weighted by Gasteiger charge is -1.99. The summed E-state index contributed by atoms with van der Waals surface area (Å²) in [5, 5.41) is 8.89. The molecular formula is C13H12FN3OS. The molecule has 1 atom stereocenters. The van der Waals surface area contributed by atoms with Crippen molar-refractivity contribution in [1.29, 1.82) is 0 Å². The topological polar surface area (TPSA) is 64.9 Å². The summed E-state index contributed by atoms with van der Waals surface area (Å²) in [4.78, 5) is 0.822. The third-order valence-corrected chi connectivity index (χ3v) is 3.98. The summed E-state index contributed by atoms with van der Waals surface area (Å²) in [7, 11) is 0. The molecule has 0 amide bonds. The van der Waals surface area contributed by atoms with Gasteiger partial charge in [-0.25, -0.2) is 4.39 Å². The Morgan fingerprint density at radius 3 is 3.00 bits per heavy atom. The van der Waals surface area contributed by atoms with E-state index < -0.39 is 0 Å². The number of benzene rings is 1. The number of aromatic nitrogens is 2. The predicted molar refractivity (Wildman–Crippen MR) is 72.3 cm³/mol. The number of hydrogen-bond acceptors (Lipinski definition) is 5. The minimum Gasteiger partial charge on any atom is -0.418 e. The average Bonchev–Trinajstić information content (AvgIpc) is 3.03. The van der Waals surface area contributed by atoms with Gasteiger partial charge in [0.25, 0.3) is 5.89 Å². The van der Waals surface area contributed by atoms with Crippen molar-refractivity contribution in [2.24, 2.45) is 5.73 Å². The molecule has 2 aromatic heterocycles. The Bertz CT molecular complexity index is 722. The molecular weight excluding hydrogens is 265 g/mol. The molecule has 1 aromatic carbocycles. The van der Waals surface area contributed by atoms with E-state index in [2.05, 4.69) is 10.2 Å². The second-order valence-electron chi connectivity index (χ2n) is 4.25. The Labute approximate surface area is 113 Å². The van der Waals surface area contributed by atoms with E-state index in [4.69, 9.17) is 10.2 Å². The van der Waals surface area contributed by atoms with Gasteiger partial charge in [-0.3, -0.25) is 0 Å². The van der Waals surface area contributed by atoms with E-state index >= 15 is 0 Å². The van der Waals surface area contributed by atoms with Crippen LogP contribution in [-0.2, 0) is 0 Å². The first-order valence-corrected chi connectivity index (χ1v) is 6.77. The van der Waals surface area contributed by atoms with Crippen LogP contribution in [0.5, 0.6) is 0 Å². The number of nitrogens with two attached hydrogens (primary N) is 1. The fraction of sp³-hybridized carbons (Fsp3) is 0.231. The summed E-state index contributed by atoms with van der Waals surface area (Å²) in [6, 6.07) is 6.34. The van der Waals surface area contributed by atoms with Crippen molar-refractivity contribution in [1.82, 2.24) is 10.2 Å². The summed E-state index contributed by atoms with van der Waals surface area (Å²) < 4.78 is 19.6. The molecule has 0 aliphatic rings. The van der Waals surface area contributed by atoms with E-state index in [1.165, 1.54) is 23.5 Å². The fourth-order valence-electron chi connectivity index (χ4n) is 1.77. The SMILES string of the molecule is CCC(N)c1nnc(-c2cc3ccc(F)cc3s2)o1. The highest BCUT2D eigenvalue weighted by Gasteiger charge is 2.15. The molecule has 1 unspecified atom stereocenters. The van der Waals surface area contributed by atoms with Crippen molar-refractivity contribution in [3.63, 3.8) is 0 Å². The van der Waals surface area contributed by atoms with Crippen molar-refractivity contribution in [2.75, 3.05) is 0 Å². The molecule has 19 heavy (non-hydrogen) atoms. The molecule has 3 aromatic rings. The first-order valence-electron chi connectivity index (χ1n) is 5.96. The molecule has 3 rings (SSSR count). The summed E-state index contributed by atoms with van der Waals surface area (Å²) in [6.45, 7) is 1.96. The van der Waals surface area contributed by atoms with Crippen LogP contribution in [0, 0.1) is 5.82 Å². The predicted octanol–water partition coefficient (Wildman–Crippen LogP) is 3.50. The van der Waals surface area contributed by atoms with Gasteiger partial charge in [-0.2, -0.15) is 0 Å². The van der Waals surface area contributed by atoms with Gasteiger partial charge < -0.3 is 10.2 Å². The Kier molecular flexibility index (Phi) is 3.04. The Morgan fingerprint density at radius 1 is 1.37 bits per heavy atom. The number of hydrogen-bond donors (Lipinski definition) is 1. The molecule has 0 radical (unpaired) electrons. The second kappa shape index (κ2) is 4.71. The lowest BCUT2D eigenvalue weighted by atomic mass is 10.2. The van der Waals surface area contributed by atoms with Crippen molar-refractivity contribution in [2.45, 2.75) is 19.4 Å². The van der Waals surface area contributed by atoms with Crippen LogP contribution in [0.15, 0.2) is 28.7 Å². The number of rotatable bonds is 3. The highest BCUT2D eigenvalue weighted by molar-refractivity contribution is 7.22. The highest BCUT2D eigenvalue weighted by atomic mass is 32.1. The van der Waals surface area contributed by atoms with Gasteiger partial charge in [0, 0.05) is 4.70 Å². The molecule has 2 N–H and O–H groups in total. The van der Waals surface area contributed by atoms with Crippen molar-refractivity contribution in [3.05, 3.63) is 36.0 Å². The first-order chi connectivity index (χ1) is 9.17. The number of nitrogens with zero attached hydrogens (tertiary/aromatic N) is 2. The Morgan fingerprint density at radius 2 is 2.21 bits per heavy atom. The zero-order chi connectivity index (χ0) is 13.4. The normalized spacial score (nSPS) is 13.0. The molecule has 0 aliphatic carbocycles. The van der Waals surface area contributed by atoms with Crippen LogP contribution in [0.4, 0.5) is 4.39 Å². The lowest BCUT2D eigenvalue weighted by molar-refractivity contribution is 0.453. The van der Waals surface area contributed by atoms with Crippen molar-refractivity contribution < 1.29 is 8.81 Å². The number of thiophene rings is 1. The molecule has 0 saturated heterocycles. The maximum absolute atomic E-state index is 13.1. The smallest absolute Gasteiger partial charge is 0.257 e. The monoisotopic (exact) mass is 277 g/mol. The largest absolute Gasteiger partial charge is 0.418 e. The minimum absolute atomic E-state index is 0.243. The van der Waals surface area contributed by atoms with Gasteiger partial charge in [-0.1, -0.05) is 13.0 Å². The molecule has 4 nitrogen and oxygen atoms in total. The zero-order valence-electron chi connectivity index (χ0n) is 10.3. The molecule has 98 valence electrons. The fourth-order valence-corrected chi connectivity index (χ4v) is 2.78. The second-order valence-corrected chi connectivity index (χ2v) is 5.34. The maximum atomic E-state index is 13.1. The number of fused-ring (bicyclic) bond motifs is 1. The van der Waals surface area contributed by atoms with E-state index in [1.807, 2.05) is 13.0 Å². The number of halogens is 1. The first kappa shape index (κ1) is 12.3. The van der Waals surface area contributed by atoms with Gasteiger partial charge >= 0.3 is 0 Å². The molecule has 0 aliphatic heterocycles. The Hall–Kier alpha value is -1.79. The van der Waals surface area contributed by atoms with Gasteiger partial charge in [-0.05, 0) is 30.0 Å². The summed E-state index contributed by atoms with van der Waals surface area (Å²) in [5.74, 6) is 0.613. The van der Waals surface area contributed by atoms with Gasteiger partial charge in [-0.15, -0.1) is 21.5 Å². The average molecular weight is 277 g/mol. The standard InChI is InChI=1S/C13H12FN3OS/c1-2-9(15)12-16-17-13(18-12)11-5-7-3-4-8(14)6-10(7)19-11/h3-6,9H,2,15H2,1H3. The molecule has 0 bridgehead atoms. The lowest BCUT2D eigenvalue weighted by Crippen LogP contribution is -2.08. The minimum atomic E-state index is -0.250. The molecule has 0 spiro atoms. The Balaban J connectivity index is 2.01. The molecule has 0 fully saturated rings. The maximum Gasteiger partial charge on any atom is 0.257 e. The molecule has 2 heterocycles. The molecule has 6 heteroatoms. The highest BCUT2D eigenvalue weighted by Crippen LogP contribution is 2.33. The quantitative estimate of drug-likeness (QED) is 0.795. The van der Waals surface area contributed by atoms with E-state index in [0.29, 0.717) is 11.8 Å². The van der Waals surface area contributed by atoms with Crippen LogP contribution in [0.3, 0.4) is 0 Å². The van der Waals surface area contributed by atoms with Crippen LogP contribution >= 0.6 is 11.3 Å². The third-order valence-electron chi connectivity index (χ3n) is 2.89. The van der Waals surface area contributed by atoms with Crippen LogP contribution in [0.1, 0.15) is 25.3 Å². The van der Waals surface area contributed by atoms with Gasteiger partial charge in [0.2, 0.25) is 5.89 Å². The van der Waals surface area contributed by atoms with E-state index in [9.17, 15) is 4.39 Å². The zero-order valence-corrected chi connectivity index (χ0v) is 11.1. The van der Waals surface area contributed by atoms with E-state index in [0.717, 1.165) is 21.4 Å². The van der Waals surface area contributed by atoms with Crippen molar-refractivity contribution in [3.8, 4) is 10.8 Å². The van der Waals surface area contributed by atoms with Gasteiger partial charge in [0.05, 0.1) is 10.9 Å².